The fraction of sp³-hybridized carbons (Fsp3) is 0.947. The Morgan fingerprint density at radius 1 is 0.886 bits per heavy atom. The van der Waals surface area contributed by atoms with Crippen LogP contribution >= 0.6 is 0 Å². The van der Waals surface area contributed by atoms with Crippen LogP contribution in [0.4, 0.5) is 0 Å². The molecule has 5 unspecified atom stereocenters. The van der Waals surface area contributed by atoms with E-state index >= 15 is 0 Å². The summed E-state index contributed by atoms with van der Waals surface area (Å²) in [6.45, 7) is 12.7. The van der Waals surface area contributed by atoms with Crippen molar-refractivity contribution in [2.45, 2.75) is 162 Å². The molecule has 0 amide bonds. The molecule has 4 fully saturated rings. The van der Waals surface area contributed by atoms with Crippen LogP contribution in [0, 0.1) is 52.3 Å². The molecule has 0 bridgehead atoms. The van der Waals surface area contributed by atoms with Crippen LogP contribution in [-0.2, 0) is 9.47 Å². The van der Waals surface area contributed by atoms with Gasteiger partial charge in [-0.25, -0.2) is 0 Å². The average Bonchev–Trinajstić information content (AvgIpc) is 3.35. The second kappa shape index (κ2) is 14.7. The predicted molar refractivity (Wildman–Crippen MR) is 175 cm³/mol. The van der Waals surface area contributed by atoms with Gasteiger partial charge in [-0.3, -0.25) is 0 Å². The van der Waals surface area contributed by atoms with E-state index in [1.807, 2.05) is 0 Å². The Morgan fingerprint density at radius 3 is 2.43 bits per heavy atom. The summed E-state index contributed by atoms with van der Waals surface area (Å²) in [5.41, 5.74) is 2.77. The van der Waals surface area contributed by atoms with Gasteiger partial charge in [-0.05, 0) is 110 Å². The molecular formula is C38H66O6. The Kier molecular flexibility index (Phi) is 11.7. The van der Waals surface area contributed by atoms with Crippen molar-refractivity contribution in [1.29, 1.82) is 0 Å². The number of rotatable bonds is 13. The van der Waals surface area contributed by atoms with Crippen molar-refractivity contribution in [3.05, 3.63) is 11.6 Å². The first-order chi connectivity index (χ1) is 21.0. The van der Waals surface area contributed by atoms with Gasteiger partial charge in [-0.15, -0.1) is 0 Å². The Labute approximate surface area is 268 Å². The van der Waals surface area contributed by atoms with Gasteiger partial charge in [-0.2, -0.15) is 0 Å². The molecule has 44 heavy (non-hydrogen) atoms. The maximum atomic E-state index is 10.2. The minimum Gasteiger partial charge on any atom is -0.394 e. The second-order valence-electron chi connectivity index (χ2n) is 16.8. The van der Waals surface area contributed by atoms with Crippen molar-refractivity contribution >= 4 is 0 Å². The largest absolute Gasteiger partial charge is 0.394 e. The number of unbranched alkanes of at least 4 members (excludes halogenated alkanes) is 2. The van der Waals surface area contributed by atoms with Crippen LogP contribution in [0.3, 0.4) is 0 Å². The summed E-state index contributed by atoms with van der Waals surface area (Å²) >= 11 is 0. The molecule has 0 spiro atoms. The van der Waals surface area contributed by atoms with Crippen LogP contribution in [0.5, 0.6) is 0 Å². The first-order valence-electron chi connectivity index (χ1n) is 18.6. The second-order valence-corrected chi connectivity index (χ2v) is 16.8. The third kappa shape index (κ3) is 7.02. The van der Waals surface area contributed by atoms with Crippen LogP contribution in [0.2, 0.25) is 0 Å². The lowest BCUT2D eigenvalue weighted by atomic mass is 9.46. The highest BCUT2D eigenvalue weighted by Crippen LogP contribution is 2.67. The van der Waals surface area contributed by atoms with E-state index in [1.54, 1.807) is 5.57 Å². The summed E-state index contributed by atoms with van der Waals surface area (Å²) in [6, 6.07) is 0. The van der Waals surface area contributed by atoms with Crippen molar-refractivity contribution in [2.24, 2.45) is 52.3 Å². The smallest absolute Gasteiger partial charge is 0.186 e. The molecule has 254 valence electrons. The molecule has 0 aromatic heterocycles. The molecule has 13 atom stereocenters. The lowest BCUT2D eigenvalue weighted by Crippen LogP contribution is -2.59. The van der Waals surface area contributed by atoms with Gasteiger partial charge in [0.25, 0.3) is 0 Å². The standard InChI is InChI=1S/C38H66O6/c1-24(2)10-9-11-25(3)29-15-16-30-28-14-13-27-22-26(17-19-37(27,4)31(28)18-20-38(29,30)5)12-7-6-8-21-43-36-35(42)34(41)33(40)32(23-39)44-36/h13,24-26,28-36,39-42H,6-12,14-23H2,1-5H3/t25-,26?,28?,29-,30?,31?,32-,33-,34+,35-,36?,37+,38-/m1/s1. The van der Waals surface area contributed by atoms with Gasteiger partial charge >= 0.3 is 0 Å². The maximum Gasteiger partial charge on any atom is 0.186 e. The number of fused-ring (bicyclic) bond motifs is 5. The predicted octanol–water partition coefficient (Wildman–Crippen LogP) is 7.02. The van der Waals surface area contributed by atoms with E-state index in [1.165, 1.54) is 83.5 Å². The molecule has 1 heterocycles. The molecule has 1 saturated heterocycles. The summed E-state index contributed by atoms with van der Waals surface area (Å²) < 4.78 is 11.1. The minimum absolute atomic E-state index is 0.418. The van der Waals surface area contributed by atoms with Crippen LogP contribution < -0.4 is 0 Å². The molecule has 3 saturated carbocycles. The molecule has 0 radical (unpaired) electrons. The summed E-state index contributed by atoms with van der Waals surface area (Å²) in [7, 11) is 0. The summed E-state index contributed by atoms with van der Waals surface area (Å²) in [5, 5.41) is 39.4. The number of hydrogen-bond donors (Lipinski definition) is 4. The number of ether oxygens (including phenoxy) is 2. The summed E-state index contributed by atoms with van der Waals surface area (Å²) in [5.74, 6) is 6.13. The molecule has 6 nitrogen and oxygen atoms in total. The zero-order valence-corrected chi connectivity index (χ0v) is 28.6. The lowest BCUT2D eigenvalue weighted by Gasteiger charge is -2.58. The van der Waals surface area contributed by atoms with Gasteiger partial charge in [0.1, 0.15) is 24.4 Å². The Balaban J connectivity index is 1.07. The van der Waals surface area contributed by atoms with E-state index in [4.69, 9.17) is 9.47 Å². The van der Waals surface area contributed by atoms with Crippen molar-refractivity contribution < 1.29 is 29.9 Å². The Morgan fingerprint density at radius 2 is 1.68 bits per heavy atom. The van der Waals surface area contributed by atoms with Gasteiger partial charge in [-0.1, -0.05) is 84.8 Å². The van der Waals surface area contributed by atoms with E-state index in [-0.39, 0.29) is 0 Å². The van der Waals surface area contributed by atoms with Crippen molar-refractivity contribution in [1.82, 2.24) is 0 Å². The summed E-state index contributed by atoms with van der Waals surface area (Å²) in [4.78, 5) is 0. The third-order valence-corrected chi connectivity index (χ3v) is 13.8. The fourth-order valence-electron chi connectivity index (χ4n) is 11.1. The zero-order valence-electron chi connectivity index (χ0n) is 28.6. The van der Waals surface area contributed by atoms with Gasteiger partial charge in [0.05, 0.1) is 6.61 Å². The van der Waals surface area contributed by atoms with E-state index in [9.17, 15) is 20.4 Å². The number of allylic oxidation sites excluding steroid dienone is 2. The van der Waals surface area contributed by atoms with E-state index < -0.39 is 37.3 Å². The zero-order chi connectivity index (χ0) is 31.6. The van der Waals surface area contributed by atoms with Crippen molar-refractivity contribution in [2.75, 3.05) is 13.2 Å². The fourth-order valence-corrected chi connectivity index (χ4v) is 11.1. The van der Waals surface area contributed by atoms with E-state index in [0.717, 1.165) is 54.3 Å². The van der Waals surface area contributed by atoms with E-state index in [2.05, 4.69) is 40.7 Å². The Hall–Kier alpha value is -0.500. The first kappa shape index (κ1) is 34.8. The summed E-state index contributed by atoms with van der Waals surface area (Å²) in [6.07, 6.45) is 16.5. The van der Waals surface area contributed by atoms with Crippen LogP contribution in [0.25, 0.3) is 0 Å². The average molecular weight is 619 g/mol. The highest BCUT2D eigenvalue weighted by molar-refractivity contribution is 5.25. The first-order valence-corrected chi connectivity index (χ1v) is 18.6. The molecule has 0 aromatic rings. The van der Waals surface area contributed by atoms with Crippen LogP contribution in [0.1, 0.15) is 131 Å². The number of aliphatic hydroxyl groups is 4. The Bertz CT molecular complexity index is 950. The highest BCUT2D eigenvalue weighted by atomic mass is 16.7. The number of hydrogen-bond acceptors (Lipinski definition) is 6. The molecular weight excluding hydrogens is 552 g/mol. The van der Waals surface area contributed by atoms with Gasteiger partial charge in [0.2, 0.25) is 0 Å². The third-order valence-electron chi connectivity index (χ3n) is 13.8. The normalized spacial score (nSPS) is 44.5. The quantitative estimate of drug-likeness (QED) is 0.131. The van der Waals surface area contributed by atoms with Crippen molar-refractivity contribution in [3.8, 4) is 0 Å². The molecule has 4 aliphatic carbocycles. The van der Waals surface area contributed by atoms with Crippen molar-refractivity contribution in [3.63, 3.8) is 0 Å². The monoisotopic (exact) mass is 618 g/mol. The molecule has 1 aliphatic heterocycles. The van der Waals surface area contributed by atoms with Gasteiger partial charge in [0.15, 0.2) is 6.29 Å². The van der Waals surface area contributed by atoms with Crippen LogP contribution in [0.15, 0.2) is 11.6 Å². The maximum absolute atomic E-state index is 10.2. The topological polar surface area (TPSA) is 99.4 Å². The minimum atomic E-state index is -1.38. The lowest BCUT2D eigenvalue weighted by molar-refractivity contribution is -0.301. The molecule has 5 rings (SSSR count). The van der Waals surface area contributed by atoms with Crippen LogP contribution in [-0.4, -0.2) is 64.3 Å². The SMILES string of the molecule is CC(C)CCC[C@@H](C)[C@H]1CCC2C3CC=C4CC(CCCCCOC5O[C@H](CO)[C@@H](O)[C@H](O)[C@H]5O)CC[C@]4(C)C3CC[C@@]21C. The van der Waals surface area contributed by atoms with E-state index in [0.29, 0.717) is 17.4 Å². The number of aliphatic hydroxyl groups excluding tert-OH is 4. The molecule has 4 N–H and O–H groups in total. The molecule has 6 heteroatoms. The molecule has 0 aromatic carbocycles. The van der Waals surface area contributed by atoms with Gasteiger partial charge < -0.3 is 29.9 Å². The van der Waals surface area contributed by atoms with Gasteiger partial charge in [0, 0.05) is 6.61 Å². The molecule has 5 aliphatic rings. The highest BCUT2D eigenvalue weighted by Gasteiger charge is 2.59.